The van der Waals surface area contributed by atoms with Crippen molar-refractivity contribution in [2.45, 2.75) is 39.3 Å². The summed E-state index contributed by atoms with van der Waals surface area (Å²) < 4.78 is 20.8. The van der Waals surface area contributed by atoms with Gasteiger partial charge < -0.3 is 34.1 Å². The van der Waals surface area contributed by atoms with Gasteiger partial charge in [0.1, 0.15) is 23.3 Å². The Kier molecular flexibility index (Phi) is 8.36. The number of aryl methyl sites for hydroxylation is 1. The van der Waals surface area contributed by atoms with Crippen molar-refractivity contribution in [3.63, 3.8) is 0 Å². The number of rotatable bonds is 10. The van der Waals surface area contributed by atoms with Gasteiger partial charge in [-0.25, -0.2) is 4.98 Å². The van der Waals surface area contributed by atoms with Crippen LogP contribution in [0.15, 0.2) is 48.8 Å². The Bertz CT molecular complexity index is 1810. The van der Waals surface area contributed by atoms with Crippen LogP contribution < -0.4 is 20.1 Å². The van der Waals surface area contributed by atoms with Gasteiger partial charge in [-0.2, -0.15) is 10.1 Å². The standard InChI is InChI=1S/C32H38N8O4/c1-20-29(21(2)40(37-20)16-17-42-4)35-31(41)25-12-15-39-27(25)9-6-22-19-33-32(36-30(22)39)34-26-8-7-24(18-28(26)43-5)44-23-10-13-38(3)14-11-23/h6-9,12,15,18-19,23H,10-11,13-14,16-17H2,1-5H3,(H,35,41)(H,33,34,36). The van der Waals surface area contributed by atoms with Crippen LogP contribution in [0.25, 0.3) is 16.6 Å². The zero-order valence-corrected chi connectivity index (χ0v) is 25.8. The number of hydrogen-bond donors (Lipinski definition) is 2. The fraction of sp³-hybridized carbons (Fsp3) is 0.375. The molecule has 0 saturated carbocycles. The minimum atomic E-state index is -0.218. The number of aromatic nitrogens is 5. The second kappa shape index (κ2) is 12.5. The molecule has 1 aromatic carbocycles. The van der Waals surface area contributed by atoms with E-state index in [-0.39, 0.29) is 12.0 Å². The molecule has 1 saturated heterocycles. The van der Waals surface area contributed by atoms with Gasteiger partial charge in [0.2, 0.25) is 5.95 Å². The van der Waals surface area contributed by atoms with Crippen LogP contribution in [0.5, 0.6) is 11.5 Å². The number of amides is 1. The molecule has 4 aromatic heterocycles. The lowest BCUT2D eigenvalue weighted by Crippen LogP contribution is -2.35. The molecule has 5 aromatic rings. The maximum atomic E-state index is 13.4. The van der Waals surface area contributed by atoms with Crippen molar-refractivity contribution in [2.24, 2.45) is 0 Å². The molecule has 0 spiro atoms. The quantitative estimate of drug-likeness (QED) is 0.233. The average molecular weight is 599 g/mol. The Morgan fingerprint density at radius 2 is 1.91 bits per heavy atom. The number of pyridine rings is 1. The summed E-state index contributed by atoms with van der Waals surface area (Å²) in [4.78, 5) is 25.1. The van der Waals surface area contributed by atoms with Gasteiger partial charge in [-0.1, -0.05) is 0 Å². The van der Waals surface area contributed by atoms with Crippen molar-refractivity contribution in [1.29, 1.82) is 0 Å². The normalized spacial score (nSPS) is 14.3. The number of hydrogen-bond acceptors (Lipinski definition) is 9. The summed E-state index contributed by atoms with van der Waals surface area (Å²) in [6.07, 6.45) is 5.80. The Morgan fingerprint density at radius 1 is 1.09 bits per heavy atom. The molecule has 0 aliphatic carbocycles. The molecule has 44 heavy (non-hydrogen) atoms. The van der Waals surface area contributed by atoms with Crippen molar-refractivity contribution in [2.75, 3.05) is 51.6 Å². The number of carbonyl (C=O) groups is 1. The van der Waals surface area contributed by atoms with E-state index < -0.39 is 0 Å². The number of benzene rings is 1. The average Bonchev–Trinajstić information content (AvgIpc) is 3.58. The highest BCUT2D eigenvalue weighted by Gasteiger charge is 2.20. The second-order valence-corrected chi connectivity index (χ2v) is 11.1. The summed E-state index contributed by atoms with van der Waals surface area (Å²) in [7, 11) is 5.42. The molecule has 1 amide bonds. The summed E-state index contributed by atoms with van der Waals surface area (Å²) in [5, 5.41) is 11.7. The van der Waals surface area contributed by atoms with Gasteiger partial charge in [0.25, 0.3) is 5.91 Å². The fourth-order valence-electron chi connectivity index (χ4n) is 5.63. The minimum absolute atomic E-state index is 0.196. The van der Waals surface area contributed by atoms with E-state index in [1.54, 1.807) is 26.5 Å². The molecule has 6 rings (SSSR count). The highest BCUT2D eigenvalue weighted by atomic mass is 16.5. The van der Waals surface area contributed by atoms with Gasteiger partial charge >= 0.3 is 0 Å². The van der Waals surface area contributed by atoms with E-state index in [1.165, 1.54) is 0 Å². The van der Waals surface area contributed by atoms with E-state index in [2.05, 4.69) is 32.7 Å². The first-order chi connectivity index (χ1) is 21.3. The van der Waals surface area contributed by atoms with E-state index in [1.807, 2.05) is 59.5 Å². The molecule has 0 radical (unpaired) electrons. The van der Waals surface area contributed by atoms with E-state index in [4.69, 9.17) is 19.2 Å². The van der Waals surface area contributed by atoms with E-state index in [0.29, 0.717) is 41.7 Å². The number of nitrogens with zero attached hydrogens (tertiary/aromatic N) is 6. The van der Waals surface area contributed by atoms with Crippen LogP contribution in [0.2, 0.25) is 0 Å². The van der Waals surface area contributed by atoms with Crippen LogP contribution >= 0.6 is 0 Å². The first-order valence-corrected chi connectivity index (χ1v) is 14.8. The first kappa shape index (κ1) is 29.4. The zero-order chi connectivity index (χ0) is 30.8. The third-order valence-electron chi connectivity index (χ3n) is 8.13. The molecular weight excluding hydrogens is 560 g/mol. The molecule has 12 heteroatoms. The SMILES string of the molecule is COCCn1nc(C)c(NC(=O)c2ccn3c2ccc2cnc(Nc4ccc(OC5CCN(C)CC5)cc4OC)nc23)c1C. The highest BCUT2D eigenvalue weighted by Crippen LogP contribution is 2.32. The third-order valence-corrected chi connectivity index (χ3v) is 8.13. The monoisotopic (exact) mass is 598 g/mol. The molecule has 1 aliphatic heterocycles. The maximum Gasteiger partial charge on any atom is 0.257 e. The second-order valence-electron chi connectivity index (χ2n) is 11.1. The topological polar surface area (TPSA) is 120 Å². The van der Waals surface area contributed by atoms with Gasteiger partial charge in [-0.15, -0.1) is 0 Å². The van der Waals surface area contributed by atoms with Crippen molar-refractivity contribution < 1.29 is 19.0 Å². The number of carbonyl (C=O) groups excluding carboxylic acids is 1. The van der Waals surface area contributed by atoms with Crippen LogP contribution in [0.3, 0.4) is 0 Å². The van der Waals surface area contributed by atoms with Crippen LogP contribution in [-0.4, -0.2) is 82.0 Å². The summed E-state index contributed by atoms with van der Waals surface area (Å²) in [5.41, 5.74) is 4.99. The van der Waals surface area contributed by atoms with E-state index >= 15 is 0 Å². The summed E-state index contributed by atoms with van der Waals surface area (Å²) in [6, 6.07) is 11.4. The fourth-order valence-corrected chi connectivity index (χ4v) is 5.63. The molecule has 0 atom stereocenters. The van der Waals surface area contributed by atoms with Gasteiger partial charge in [0.05, 0.1) is 54.1 Å². The molecule has 0 bridgehead atoms. The largest absolute Gasteiger partial charge is 0.494 e. The van der Waals surface area contributed by atoms with Crippen LogP contribution in [0.4, 0.5) is 17.3 Å². The number of fused-ring (bicyclic) bond motifs is 3. The predicted molar refractivity (Wildman–Crippen MR) is 169 cm³/mol. The minimum Gasteiger partial charge on any atom is -0.494 e. The van der Waals surface area contributed by atoms with Gasteiger partial charge in [0.15, 0.2) is 0 Å². The number of methoxy groups -OCH3 is 2. The molecule has 1 fully saturated rings. The van der Waals surface area contributed by atoms with Crippen LogP contribution in [0, 0.1) is 13.8 Å². The number of ether oxygens (including phenoxy) is 3. The van der Waals surface area contributed by atoms with Gasteiger partial charge in [-0.05, 0) is 64.1 Å². The predicted octanol–water partition coefficient (Wildman–Crippen LogP) is 4.82. The lowest BCUT2D eigenvalue weighted by atomic mass is 10.1. The lowest BCUT2D eigenvalue weighted by molar-refractivity contribution is 0.102. The molecule has 0 unspecified atom stereocenters. The first-order valence-electron chi connectivity index (χ1n) is 14.8. The van der Waals surface area contributed by atoms with E-state index in [9.17, 15) is 4.79 Å². The highest BCUT2D eigenvalue weighted by molar-refractivity contribution is 6.10. The Morgan fingerprint density at radius 3 is 2.68 bits per heavy atom. The van der Waals surface area contributed by atoms with Crippen molar-refractivity contribution in [3.05, 3.63) is 65.7 Å². The Hall–Kier alpha value is -4.68. The van der Waals surface area contributed by atoms with Crippen molar-refractivity contribution in [3.8, 4) is 11.5 Å². The summed E-state index contributed by atoms with van der Waals surface area (Å²) in [5.74, 6) is 1.59. The Labute approximate surface area is 255 Å². The van der Waals surface area contributed by atoms with Crippen LogP contribution in [0.1, 0.15) is 34.6 Å². The lowest BCUT2D eigenvalue weighted by Gasteiger charge is -2.29. The molecule has 5 heterocycles. The van der Waals surface area contributed by atoms with Crippen molar-refractivity contribution >= 4 is 39.8 Å². The van der Waals surface area contributed by atoms with E-state index in [0.717, 1.165) is 59.7 Å². The summed E-state index contributed by atoms with van der Waals surface area (Å²) in [6.45, 7) is 7.03. The number of likely N-dealkylation sites (tertiary alicyclic amines) is 1. The maximum absolute atomic E-state index is 13.4. The summed E-state index contributed by atoms with van der Waals surface area (Å²) >= 11 is 0. The third kappa shape index (κ3) is 5.90. The number of piperidine rings is 1. The zero-order valence-electron chi connectivity index (χ0n) is 25.8. The Balaban J connectivity index is 1.23. The van der Waals surface area contributed by atoms with Crippen molar-refractivity contribution in [1.82, 2.24) is 29.0 Å². The van der Waals surface area contributed by atoms with Gasteiger partial charge in [0, 0.05) is 44.0 Å². The van der Waals surface area contributed by atoms with Gasteiger partial charge in [-0.3, -0.25) is 9.48 Å². The molecule has 230 valence electrons. The molecular formula is C32H38N8O4. The van der Waals surface area contributed by atoms with Crippen LogP contribution in [-0.2, 0) is 11.3 Å². The smallest absolute Gasteiger partial charge is 0.257 e. The molecule has 1 aliphatic rings. The number of nitrogens with one attached hydrogen (secondary N) is 2. The number of anilines is 3. The molecule has 2 N–H and O–H groups in total. The molecule has 12 nitrogen and oxygen atoms in total.